The van der Waals surface area contributed by atoms with Gasteiger partial charge in [0.1, 0.15) is 24.7 Å². The molecule has 8 nitrogen and oxygen atoms in total. The second-order valence-electron chi connectivity index (χ2n) is 9.57. The number of aliphatic hydroxyl groups is 1. The SMILES string of the molecule is CCCCCOc1ccc([C@@H]2C(=C(O)c3ccc4c(c3)OCCO4)C(=O)C(=O)N2C[C@H]2CCCO2)cc1. The molecule has 2 fully saturated rings. The predicted molar refractivity (Wildman–Crippen MR) is 137 cm³/mol. The van der Waals surface area contributed by atoms with Gasteiger partial charge in [0.25, 0.3) is 11.7 Å². The van der Waals surface area contributed by atoms with Crippen molar-refractivity contribution in [3.8, 4) is 17.2 Å². The Hall–Kier alpha value is -3.52. The lowest BCUT2D eigenvalue weighted by Gasteiger charge is -2.27. The fourth-order valence-corrected chi connectivity index (χ4v) is 5.06. The summed E-state index contributed by atoms with van der Waals surface area (Å²) >= 11 is 0. The summed E-state index contributed by atoms with van der Waals surface area (Å²) in [5, 5.41) is 11.4. The van der Waals surface area contributed by atoms with Crippen LogP contribution in [0, 0.1) is 0 Å². The highest BCUT2D eigenvalue weighted by Gasteiger charge is 2.47. The Morgan fingerprint density at radius 1 is 1.03 bits per heavy atom. The summed E-state index contributed by atoms with van der Waals surface area (Å²) in [6, 6.07) is 11.7. The van der Waals surface area contributed by atoms with Crippen LogP contribution in [0.1, 0.15) is 56.2 Å². The Kier molecular flexibility index (Phi) is 7.65. The minimum atomic E-state index is -0.744. The Bertz CT molecular complexity index is 1170. The van der Waals surface area contributed by atoms with Gasteiger partial charge in [-0.05, 0) is 55.2 Å². The van der Waals surface area contributed by atoms with Crippen LogP contribution in [0.25, 0.3) is 5.76 Å². The summed E-state index contributed by atoms with van der Waals surface area (Å²) in [7, 11) is 0. The maximum absolute atomic E-state index is 13.3. The smallest absolute Gasteiger partial charge is 0.295 e. The summed E-state index contributed by atoms with van der Waals surface area (Å²) in [6.07, 6.45) is 4.80. The number of hydrogen-bond acceptors (Lipinski definition) is 7. The lowest BCUT2D eigenvalue weighted by atomic mass is 9.95. The largest absolute Gasteiger partial charge is 0.507 e. The van der Waals surface area contributed by atoms with Crippen molar-refractivity contribution in [2.75, 3.05) is 33.0 Å². The number of ether oxygens (including phenoxy) is 4. The first-order valence-electron chi connectivity index (χ1n) is 13.1. The van der Waals surface area contributed by atoms with Gasteiger partial charge in [0.15, 0.2) is 11.5 Å². The fraction of sp³-hybridized carbons (Fsp3) is 0.448. The normalized spacial score (nSPS) is 22.5. The molecule has 2 aromatic carbocycles. The minimum Gasteiger partial charge on any atom is -0.507 e. The van der Waals surface area contributed by atoms with E-state index in [1.54, 1.807) is 18.2 Å². The second kappa shape index (κ2) is 11.3. The third-order valence-corrected chi connectivity index (χ3v) is 6.99. The monoisotopic (exact) mass is 507 g/mol. The molecule has 2 atom stereocenters. The summed E-state index contributed by atoms with van der Waals surface area (Å²) < 4.78 is 22.9. The quantitative estimate of drug-likeness (QED) is 0.229. The molecule has 1 amide bonds. The Balaban J connectivity index is 1.49. The minimum absolute atomic E-state index is 0.0521. The van der Waals surface area contributed by atoms with Crippen molar-refractivity contribution in [2.45, 2.75) is 51.2 Å². The van der Waals surface area contributed by atoms with Gasteiger partial charge < -0.3 is 29.0 Å². The molecule has 0 saturated carbocycles. The van der Waals surface area contributed by atoms with Crippen LogP contribution >= 0.6 is 0 Å². The number of hydrogen-bond donors (Lipinski definition) is 1. The standard InChI is InChI=1S/C29H33NO7/c1-2-3-4-13-34-21-10-7-19(8-11-21)26-25(28(32)29(33)30(26)18-22-6-5-14-35-22)27(31)20-9-12-23-24(17-20)37-16-15-36-23/h7-12,17,22,26,31H,2-6,13-16,18H2,1H3/t22-,26-/m1/s1. The third-order valence-electron chi connectivity index (χ3n) is 6.99. The van der Waals surface area contributed by atoms with Crippen molar-refractivity contribution in [3.63, 3.8) is 0 Å². The number of carbonyl (C=O) groups excluding carboxylic acids is 2. The van der Waals surface area contributed by atoms with Crippen LogP contribution in [0.15, 0.2) is 48.0 Å². The zero-order valence-electron chi connectivity index (χ0n) is 21.1. The molecule has 37 heavy (non-hydrogen) atoms. The van der Waals surface area contributed by atoms with Crippen LogP contribution in [0.2, 0.25) is 0 Å². The molecule has 2 saturated heterocycles. The molecule has 3 aliphatic heterocycles. The van der Waals surface area contributed by atoms with Crippen molar-refractivity contribution in [1.82, 2.24) is 4.90 Å². The average Bonchev–Trinajstić information content (AvgIpc) is 3.53. The number of likely N-dealkylation sites (tertiary alicyclic amines) is 1. The first-order valence-corrected chi connectivity index (χ1v) is 13.1. The predicted octanol–water partition coefficient (Wildman–Crippen LogP) is 4.63. The van der Waals surface area contributed by atoms with E-state index in [4.69, 9.17) is 18.9 Å². The number of fused-ring (bicyclic) bond motifs is 1. The van der Waals surface area contributed by atoms with Gasteiger partial charge in [-0.15, -0.1) is 0 Å². The summed E-state index contributed by atoms with van der Waals surface area (Å²) in [5.41, 5.74) is 1.16. The number of benzene rings is 2. The fourth-order valence-electron chi connectivity index (χ4n) is 5.06. The highest BCUT2D eigenvalue weighted by molar-refractivity contribution is 6.46. The van der Waals surface area contributed by atoms with Crippen molar-refractivity contribution >= 4 is 17.4 Å². The molecule has 8 heteroatoms. The van der Waals surface area contributed by atoms with Crippen LogP contribution in [-0.4, -0.2) is 60.8 Å². The summed E-state index contributed by atoms with van der Waals surface area (Å²) in [5.74, 6) is 0.199. The van der Waals surface area contributed by atoms with E-state index in [9.17, 15) is 14.7 Å². The average molecular weight is 508 g/mol. The van der Waals surface area contributed by atoms with E-state index in [1.165, 1.54) is 4.90 Å². The van der Waals surface area contributed by atoms with E-state index in [0.717, 1.165) is 43.4 Å². The van der Waals surface area contributed by atoms with E-state index in [-0.39, 0.29) is 24.0 Å². The number of Topliss-reactive ketones (excluding diaryl/α,β-unsaturated/α-hetero) is 1. The molecule has 196 valence electrons. The van der Waals surface area contributed by atoms with Crippen LogP contribution in [0.3, 0.4) is 0 Å². The third kappa shape index (κ3) is 5.30. The molecule has 0 spiro atoms. The first-order chi connectivity index (χ1) is 18.1. The number of rotatable bonds is 9. The van der Waals surface area contributed by atoms with Crippen molar-refractivity contribution < 1.29 is 33.6 Å². The van der Waals surface area contributed by atoms with Gasteiger partial charge in [0.05, 0.1) is 24.3 Å². The number of ketones is 1. The number of unbranched alkanes of at least 4 members (excludes halogenated alkanes) is 2. The summed E-state index contributed by atoms with van der Waals surface area (Å²) in [6.45, 7) is 4.55. The zero-order chi connectivity index (χ0) is 25.8. The van der Waals surface area contributed by atoms with Gasteiger partial charge in [-0.3, -0.25) is 9.59 Å². The molecule has 0 radical (unpaired) electrons. The molecular weight excluding hydrogens is 474 g/mol. The molecule has 0 aromatic heterocycles. The molecular formula is C29H33NO7. The van der Waals surface area contributed by atoms with Crippen LogP contribution in [0.5, 0.6) is 17.2 Å². The van der Waals surface area contributed by atoms with Crippen LogP contribution in [-0.2, 0) is 14.3 Å². The van der Waals surface area contributed by atoms with Gasteiger partial charge in [-0.25, -0.2) is 0 Å². The molecule has 2 aromatic rings. The molecule has 5 rings (SSSR count). The topological polar surface area (TPSA) is 94.5 Å². The van der Waals surface area contributed by atoms with Gasteiger partial charge in [-0.2, -0.15) is 0 Å². The molecule has 1 N–H and O–H groups in total. The van der Waals surface area contributed by atoms with Crippen molar-refractivity contribution in [2.24, 2.45) is 0 Å². The van der Waals surface area contributed by atoms with E-state index >= 15 is 0 Å². The van der Waals surface area contributed by atoms with Crippen molar-refractivity contribution in [1.29, 1.82) is 0 Å². The molecule has 0 aliphatic carbocycles. The summed E-state index contributed by atoms with van der Waals surface area (Å²) in [4.78, 5) is 28.1. The van der Waals surface area contributed by atoms with Gasteiger partial charge in [0, 0.05) is 18.7 Å². The Morgan fingerprint density at radius 3 is 2.54 bits per heavy atom. The van der Waals surface area contributed by atoms with E-state index in [2.05, 4.69) is 6.92 Å². The lowest BCUT2D eigenvalue weighted by Crippen LogP contribution is -2.36. The van der Waals surface area contributed by atoms with Gasteiger partial charge >= 0.3 is 0 Å². The van der Waals surface area contributed by atoms with Crippen LogP contribution in [0.4, 0.5) is 0 Å². The van der Waals surface area contributed by atoms with E-state index < -0.39 is 17.7 Å². The highest BCUT2D eigenvalue weighted by atomic mass is 16.6. The Labute approximate surface area is 216 Å². The number of nitrogens with zero attached hydrogens (tertiary/aromatic N) is 1. The molecule has 3 aliphatic rings. The maximum Gasteiger partial charge on any atom is 0.295 e. The molecule has 3 heterocycles. The zero-order valence-corrected chi connectivity index (χ0v) is 21.1. The van der Waals surface area contributed by atoms with E-state index in [1.807, 2.05) is 24.3 Å². The number of carbonyl (C=O) groups is 2. The van der Waals surface area contributed by atoms with Crippen LogP contribution < -0.4 is 14.2 Å². The second-order valence-corrected chi connectivity index (χ2v) is 9.57. The van der Waals surface area contributed by atoms with Gasteiger partial charge in [-0.1, -0.05) is 31.9 Å². The van der Waals surface area contributed by atoms with E-state index in [0.29, 0.717) is 43.5 Å². The first kappa shape index (κ1) is 25.1. The molecule has 0 unspecified atom stereocenters. The number of amides is 1. The number of aliphatic hydroxyl groups excluding tert-OH is 1. The lowest BCUT2D eigenvalue weighted by molar-refractivity contribution is -0.140. The molecule has 0 bridgehead atoms. The van der Waals surface area contributed by atoms with Crippen molar-refractivity contribution in [3.05, 3.63) is 59.2 Å². The maximum atomic E-state index is 13.3. The Morgan fingerprint density at radius 2 is 1.81 bits per heavy atom. The van der Waals surface area contributed by atoms with Gasteiger partial charge in [0.2, 0.25) is 0 Å². The highest BCUT2D eigenvalue weighted by Crippen LogP contribution is 2.42.